The van der Waals surface area contributed by atoms with Crippen molar-refractivity contribution in [2.45, 2.75) is 19.5 Å². The van der Waals surface area contributed by atoms with Crippen LogP contribution in [0, 0.1) is 0 Å². The Balaban J connectivity index is 1.26. The molecule has 0 atom stereocenters. The van der Waals surface area contributed by atoms with Crippen molar-refractivity contribution in [2.75, 3.05) is 33.5 Å². The molecule has 2 aliphatic rings. The Morgan fingerprint density at radius 3 is 2.84 bits per heavy atom. The second-order valence-electron chi connectivity index (χ2n) is 6.55. The number of aromatic nitrogens is 2. The van der Waals surface area contributed by atoms with E-state index in [1.807, 2.05) is 29.6 Å². The molecule has 2 aliphatic heterocycles. The van der Waals surface area contributed by atoms with Gasteiger partial charge in [-0.2, -0.15) is 0 Å². The molecule has 3 heterocycles. The summed E-state index contributed by atoms with van der Waals surface area (Å²) in [5, 5.41) is 0. The minimum Gasteiger partial charge on any atom is -0.454 e. The van der Waals surface area contributed by atoms with Gasteiger partial charge in [0.25, 0.3) is 5.91 Å². The van der Waals surface area contributed by atoms with Gasteiger partial charge in [0.2, 0.25) is 6.79 Å². The second kappa shape index (κ2) is 6.76. The Bertz CT molecular complexity index is 760. The first-order valence-corrected chi connectivity index (χ1v) is 8.57. The number of hydrogen-bond donors (Lipinski definition) is 0. The number of amides is 1. The van der Waals surface area contributed by atoms with Crippen LogP contribution in [0.4, 0.5) is 0 Å². The highest BCUT2D eigenvalue weighted by molar-refractivity contribution is 5.99. The quantitative estimate of drug-likeness (QED) is 0.765. The number of carbonyl (C=O) groups excluding carboxylic acids is 1. The smallest absolute Gasteiger partial charge is 0.254 e. The van der Waals surface area contributed by atoms with Gasteiger partial charge in [0.1, 0.15) is 0 Å². The van der Waals surface area contributed by atoms with Crippen molar-refractivity contribution >= 4 is 5.91 Å². The lowest BCUT2D eigenvalue weighted by atomic mass is 10.1. The zero-order chi connectivity index (χ0) is 17.2. The van der Waals surface area contributed by atoms with Crippen molar-refractivity contribution in [1.29, 1.82) is 0 Å². The standard InChI is InChI=1S/C18H22N4O3/c1-20(7-8-21-6-3-19-12-21)4-2-5-22-11-14-9-16-17(25-13-24-16)10-15(14)18(22)23/h3,6,9-10,12H,2,4-5,7-8,11,13H2,1H3. The monoisotopic (exact) mass is 342 g/mol. The summed E-state index contributed by atoms with van der Waals surface area (Å²) in [6.45, 7) is 4.50. The van der Waals surface area contributed by atoms with Gasteiger partial charge in [-0.15, -0.1) is 0 Å². The molecule has 0 fully saturated rings. The van der Waals surface area contributed by atoms with Crippen LogP contribution in [0.5, 0.6) is 11.5 Å². The minimum absolute atomic E-state index is 0.0920. The van der Waals surface area contributed by atoms with Gasteiger partial charge < -0.3 is 23.8 Å². The van der Waals surface area contributed by atoms with Crippen molar-refractivity contribution < 1.29 is 14.3 Å². The molecule has 0 aliphatic carbocycles. The lowest BCUT2D eigenvalue weighted by molar-refractivity contribution is 0.0771. The Morgan fingerprint density at radius 2 is 2.04 bits per heavy atom. The van der Waals surface area contributed by atoms with E-state index in [0.717, 1.165) is 49.5 Å². The number of imidazole rings is 1. The third-order valence-electron chi connectivity index (χ3n) is 4.74. The second-order valence-corrected chi connectivity index (χ2v) is 6.55. The van der Waals surface area contributed by atoms with Crippen molar-refractivity contribution in [3.05, 3.63) is 42.0 Å². The van der Waals surface area contributed by atoms with Crippen LogP contribution in [0.3, 0.4) is 0 Å². The van der Waals surface area contributed by atoms with Crippen LogP contribution >= 0.6 is 0 Å². The van der Waals surface area contributed by atoms with Crippen LogP contribution in [0.1, 0.15) is 22.3 Å². The van der Waals surface area contributed by atoms with Crippen molar-refractivity contribution in [1.82, 2.24) is 19.4 Å². The van der Waals surface area contributed by atoms with Crippen molar-refractivity contribution in [2.24, 2.45) is 0 Å². The zero-order valence-electron chi connectivity index (χ0n) is 14.4. The van der Waals surface area contributed by atoms with E-state index in [4.69, 9.17) is 9.47 Å². The predicted molar refractivity (Wildman–Crippen MR) is 91.6 cm³/mol. The number of likely N-dealkylation sites (N-methyl/N-ethyl adjacent to an activating group) is 1. The van der Waals surface area contributed by atoms with E-state index in [1.165, 1.54) is 0 Å². The molecule has 0 unspecified atom stereocenters. The van der Waals surface area contributed by atoms with Crippen LogP contribution in [0.2, 0.25) is 0 Å². The minimum atomic E-state index is 0.0920. The maximum Gasteiger partial charge on any atom is 0.254 e. The van der Waals surface area contributed by atoms with E-state index in [-0.39, 0.29) is 12.7 Å². The van der Waals surface area contributed by atoms with Crippen LogP contribution in [-0.4, -0.2) is 58.7 Å². The first-order valence-electron chi connectivity index (χ1n) is 8.57. The van der Waals surface area contributed by atoms with Crippen LogP contribution in [0.25, 0.3) is 0 Å². The molecule has 132 valence electrons. The lowest BCUT2D eigenvalue weighted by Gasteiger charge is -2.20. The highest BCUT2D eigenvalue weighted by Crippen LogP contribution is 2.37. The summed E-state index contributed by atoms with van der Waals surface area (Å²) in [5.74, 6) is 1.51. The normalized spacial score (nSPS) is 15.3. The average molecular weight is 342 g/mol. The topological polar surface area (TPSA) is 59.8 Å². The summed E-state index contributed by atoms with van der Waals surface area (Å²) in [4.78, 5) is 20.8. The first-order chi connectivity index (χ1) is 12.2. The Morgan fingerprint density at radius 1 is 1.20 bits per heavy atom. The van der Waals surface area contributed by atoms with Gasteiger partial charge in [-0.1, -0.05) is 0 Å². The summed E-state index contributed by atoms with van der Waals surface area (Å²) < 4.78 is 12.8. The summed E-state index contributed by atoms with van der Waals surface area (Å²) >= 11 is 0. The van der Waals surface area contributed by atoms with Crippen LogP contribution in [0.15, 0.2) is 30.9 Å². The molecule has 7 nitrogen and oxygen atoms in total. The number of hydrogen-bond acceptors (Lipinski definition) is 5. The Labute approximate surface area is 146 Å². The van der Waals surface area contributed by atoms with Crippen LogP contribution in [-0.2, 0) is 13.1 Å². The molecular formula is C18H22N4O3. The molecule has 0 saturated carbocycles. The maximum atomic E-state index is 12.6. The van der Waals surface area contributed by atoms with Gasteiger partial charge in [-0.05, 0) is 37.7 Å². The summed E-state index contributed by atoms with van der Waals surface area (Å²) in [6.07, 6.45) is 6.55. The summed E-state index contributed by atoms with van der Waals surface area (Å²) in [6, 6.07) is 3.75. The van der Waals surface area contributed by atoms with Gasteiger partial charge >= 0.3 is 0 Å². The van der Waals surface area contributed by atoms with E-state index in [1.54, 1.807) is 6.20 Å². The number of ether oxygens (including phenoxy) is 2. The van der Waals surface area contributed by atoms with E-state index in [9.17, 15) is 4.79 Å². The summed E-state index contributed by atoms with van der Waals surface area (Å²) in [7, 11) is 2.11. The van der Waals surface area contributed by atoms with Gasteiger partial charge in [0, 0.05) is 44.1 Å². The highest BCUT2D eigenvalue weighted by atomic mass is 16.7. The van der Waals surface area contributed by atoms with E-state index >= 15 is 0 Å². The largest absolute Gasteiger partial charge is 0.454 e. The van der Waals surface area contributed by atoms with Gasteiger partial charge in [0.05, 0.1) is 6.33 Å². The molecule has 4 rings (SSSR count). The third-order valence-corrected chi connectivity index (χ3v) is 4.74. The molecule has 7 heteroatoms. The average Bonchev–Trinajstić information content (AvgIpc) is 3.33. The fourth-order valence-electron chi connectivity index (χ4n) is 3.29. The van der Waals surface area contributed by atoms with Gasteiger partial charge in [-0.25, -0.2) is 4.98 Å². The van der Waals surface area contributed by atoms with Crippen molar-refractivity contribution in [3.8, 4) is 11.5 Å². The third kappa shape index (κ3) is 3.32. The number of carbonyl (C=O) groups is 1. The molecule has 2 aromatic rings. The molecule has 25 heavy (non-hydrogen) atoms. The molecule has 0 bridgehead atoms. The Hall–Kier alpha value is -2.54. The molecule has 0 radical (unpaired) electrons. The maximum absolute atomic E-state index is 12.6. The van der Waals surface area contributed by atoms with Crippen molar-refractivity contribution in [3.63, 3.8) is 0 Å². The molecular weight excluding hydrogens is 320 g/mol. The molecule has 0 spiro atoms. The summed E-state index contributed by atoms with van der Waals surface area (Å²) in [5.41, 5.74) is 1.78. The molecule has 0 N–H and O–H groups in total. The number of nitrogens with zero attached hydrogens (tertiary/aromatic N) is 4. The SMILES string of the molecule is CN(CCCN1Cc2cc3c(cc2C1=O)OCO3)CCn1ccnc1. The zero-order valence-corrected chi connectivity index (χ0v) is 14.4. The molecule has 1 aromatic heterocycles. The van der Waals surface area contributed by atoms with Gasteiger partial charge in [-0.3, -0.25) is 4.79 Å². The molecule has 1 amide bonds. The van der Waals surface area contributed by atoms with E-state index in [2.05, 4.69) is 21.5 Å². The van der Waals surface area contributed by atoms with Gasteiger partial charge in [0.15, 0.2) is 11.5 Å². The fourth-order valence-corrected chi connectivity index (χ4v) is 3.29. The lowest BCUT2D eigenvalue weighted by Crippen LogP contribution is -2.30. The number of fused-ring (bicyclic) bond motifs is 2. The number of benzene rings is 1. The first kappa shape index (κ1) is 16.0. The predicted octanol–water partition coefficient (Wildman–Crippen LogP) is 1.59. The fraction of sp³-hybridized carbons (Fsp3) is 0.444. The van der Waals surface area contributed by atoms with Crippen LogP contribution < -0.4 is 9.47 Å². The van der Waals surface area contributed by atoms with E-state index < -0.39 is 0 Å². The highest BCUT2D eigenvalue weighted by Gasteiger charge is 2.30. The van der Waals surface area contributed by atoms with E-state index in [0.29, 0.717) is 12.3 Å². The number of rotatable bonds is 7. The Kier molecular flexibility index (Phi) is 4.31. The molecule has 1 aromatic carbocycles. The molecule has 0 saturated heterocycles.